The summed E-state index contributed by atoms with van der Waals surface area (Å²) in [6.45, 7) is 2.66. The number of nitrogens with zero attached hydrogens (tertiary/aromatic N) is 3. The molecular weight excluding hydrogens is 358 g/mol. The van der Waals surface area contributed by atoms with Gasteiger partial charge in [0.15, 0.2) is 5.65 Å². The molecule has 3 rings (SSSR count). The molecule has 0 bridgehead atoms. The molecule has 0 aliphatic carbocycles. The number of H-pyrrole nitrogens is 1. The van der Waals surface area contributed by atoms with Crippen LogP contribution < -0.4 is 10.1 Å². The molecule has 108 valence electrons. The number of anilines is 1. The van der Waals surface area contributed by atoms with Crippen LogP contribution in [0, 0.1) is 0 Å². The summed E-state index contributed by atoms with van der Waals surface area (Å²) in [5, 5.41) is 3.54. The van der Waals surface area contributed by atoms with Crippen LogP contribution in [-0.2, 0) is 0 Å². The molecule has 0 saturated heterocycles. The van der Waals surface area contributed by atoms with Crippen molar-refractivity contribution in [3.63, 3.8) is 0 Å². The highest BCUT2D eigenvalue weighted by Gasteiger charge is 2.13. The van der Waals surface area contributed by atoms with E-state index < -0.39 is 0 Å². The molecule has 21 heavy (non-hydrogen) atoms. The molecule has 2 heterocycles. The lowest BCUT2D eigenvalue weighted by molar-refractivity contribution is 0.468. The van der Waals surface area contributed by atoms with E-state index in [2.05, 4.69) is 41.2 Å². The minimum absolute atomic E-state index is 0.369. The smallest absolute Gasteiger partial charge is 0.250 e. The zero-order chi connectivity index (χ0) is 14.8. The van der Waals surface area contributed by atoms with Crippen LogP contribution in [0.1, 0.15) is 6.92 Å². The van der Waals surface area contributed by atoms with Gasteiger partial charge in [-0.1, -0.05) is 27.5 Å². The van der Waals surface area contributed by atoms with Crippen molar-refractivity contribution >= 4 is 44.6 Å². The largest absolute Gasteiger partial charge is 0.435 e. The molecule has 0 aliphatic heterocycles. The Balaban J connectivity index is 2.06. The van der Waals surface area contributed by atoms with Gasteiger partial charge in [-0.15, -0.1) is 0 Å². The molecule has 3 aromatic rings. The predicted molar refractivity (Wildman–Crippen MR) is 85.1 cm³/mol. The lowest BCUT2D eigenvalue weighted by Crippen LogP contribution is -2.03. The van der Waals surface area contributed by atoms with Gasteiger partial charge in [0.25, 0.3) is 5.88 Å². The van der Waals surface area contributed by atoms with Crippen LogP contribution >= 0.6 is 27.5 Å². The van der Waals surface area contributed by atoms with E-state index in [1.165, 1.54) is 0 Å². The van der Waals surface area contributed by atoms with E-state index in [1.807, 2.05) is 13.0 Å². The minimum atomic E-state index is 0.369. The van der Waals surface area contributed by atoms with Gasteiger partial charge in [-0.05, 0) is 25.1 Å². The van der Waals surface area contributed by atoms with E-state index in [0.717, 1.165) is 4.47 Å². The van der Waals surface area contributed by atoms with E-state index in [9.17, 15) is 0 Å². The average Bonchev–Trinajstić information content (AvgIpc) is 2.92. The molecule has 0 fully saturated rings. The number of imidazole rings is 1. The summed E-state index contributed by atoms with van der Waals surface area (Å²) in [6.07, 6.45) is 1.55. The molecule has 0 unspecified atom stereocenters. The summed E-state index contributed by atoms with van der Waals surface area (Å²) in [7, 11) is 0. The van der Waals surface area contributed by atoms with Gasteiger partial charge in [-0.25, -0.2) is 4.98 Å². The van der Waals surface area contributed by atoms with Crippen molar-refractivity contribution in [3.8, 4) is 11.6 Å². The van der Waals surface area contributed by atoms with Gasteiger partial charge in [-0.3, -0.25) is 0 Å². The molecule has 0 spiro atoms. The van der Waals surface area contributed by atoms with E-state index in [-0.39, 0.29) is 0 Å². The number of benzene rings is 1. The van der Waals surface area contributed by atoms with E-state index in [1.54, 1.807) is 18.5 Å². The van der Waals surface area contributed by atoms with Gasteiger partial charge < -0.3 is 15.0 Å². The fraction of sp³-hybridized carbons (Fsp3) is 0.154. The van der Waals surface area contributed by atoms with Gasteiger partial charge in [-0.2, -0.15) is 9.97 Å². The monoisotopic (exact) mass is 367 g/mol. The molecular formula is C13H11BrClN5O. The molecule has 0 atom stereocenters. The van der Waals surface area contributed by atoms with Crippen molar-refractivity contribution in [2.75, 3.05) is 11.9 Å². The Morgan fingerprint density at radius 2 is 2.24 bits per heavy atom. The van der Waals surface area contributed by atoms with Crippen LogP contribution in [0.4, 0.5) is 5.95 Å². The van der Waals surface area contributed by atoms with Crippen molar-refractivity contribution in [1.29, 1.82) is 0 Å². The topological polar surface area (TPSA) is 75.7 Å². The Bertz CT molecular complexity index is 791. The number of rotatable bonds is 4. The lowest BCUT2D eigenvalue weighted by atomic mass is 10.3. The normalized spacial score (nSPS) is 10.8. The fourth-order valence-corrected chi connectivity index (χ4v) is 2.27. The second-order valence-electron chi connectivity index (χ2n) is 4.16. The van der Waals surface area contributed by atoms with Crippen LogP contribution in [0.3, 0.4) is 0 Å². The zero-order valence-electron chi connectivity index (χ0n) is 11.0. The Kier molecular flexibility index (Phi) is 3.94. The molecule has 0 aliphatic rings. The van der Waals surface area contributed by atoms with Crippen LogP contribution in [-0.4, -0.2) is 26.5 Å². The summed E-state index contributed by atoms with van der Waals surface area (Å²) in [4.78, 5) is 15.7. The second-order valence-corrected chi connectivity index (χ2v) is 5.48. The third-order valence-electron chi connectivity index (χ3n) is 2.69. The first-order chi connectivity index (χ1) is 10.2. The average molecular weight is 369 g/mol. The van der Waals surface area contributed by atoms with Crippen LogP contribution in [0.2, 0.25) is 5.02 Å². The Labute approximate surface area is 134 Å². The van der Waals surface area contributed by atoms with Gasteiger partial charge in [0.1, 0.15) is 11.3 Å². The van der Waals surface area contributed by atoms with Crippen molar-refractivity contribution in [2.24, 2.45) is 0 Å². The molecule has 6 nitrogen and oxygen atoms in total. The maximum atomic E-state index is 6.14. The summed E-state index contributed by atoms with van der Waals surface area (Å²) in [5.41, 5.74) is 1.15. The Hall–Kier alpha value is -1.86. The number of halogens is 2. The fourth-order valence-electron chi connectivity index (χ4n) is 1.78. The zero-order valence-corrected chi connectivity index (χ0v) is 13.4. The molecule has 1 aromatic carbocycles. The van der Waals surface area contributed by atoms with Gasteiger partial charge in [0.05, 0.1) is 11.3 Å². The van der Waals surface area contributed by atoms with E-state index >= 15 is 0 Å². The molecule has 0 amide bonds. The number of nitrogens with one attached hydrogen (secondary N) is 2. The maximum Gasteiger partial charge on any atom is 0.250 e. The number of hydrogen-bond acceptors (Lipinski definition) is 5. The maximum absolute atomic E-state index is 6.14. The quantitative estimate of drug-likeness (QED) is 0.728. The van der Waals surface area contributed by atoms with Gasteiger partial charge in [0.2, 0.25) is 5.95 Å². The van der Waals surface area contributed by atoms with Crippen molar-refractivity contribution in [1.82, 2.24) is 19.9 Å². The SMILES string of the molecule is CCNc1nc(Oc2cc(Br)ccc2Cl)c2[nH]cnc2n1. The van der Waals surface area contributed by atoms with Crippen LogP contribution in [0.15, 0.2) is 29.0 Å². The van der Waals surface area contributed by atoms with Crippen molar-refractivity contribution in [3.05, 3.63) is 34.0 Å². The van der Waals surface area contributed by atoms with E-state index in [4.69, 9.17) is 16.3 Å². The van der Waals surface area contributed by atoms with Gasteiger partial charge >= 0.3 is 0 Å². The highest BCUT2D eigenvalue weighted by atomic mass is 79.9. The Morgan fingerprint density at radius 1 is 1.38 bits per heavy atom. The highest BCUT2D eigenvalue weighted by molar-refractivity contribution is 9.10. The summed E-state index contributed by atoms with van der Waals surface area (Å²) in [6, 6.07) is 5.36. The lowest BCUT2D eigenvalue weighted by Gasteiger charge is -2.09. The number of hydrogen-bond donors (Lipinski definition) is 2. The second kappa shape index (κ2) is 5.87. The third-order valence-corrected chi connectivity index (χ3v) is 3.49. The predicted octanol–water partition coefficient (Wildman–Crippen LogP) is 3.99. The third kappa shape index (κ3) is 2.93. The molecule has 2 aromatic heterocycles. The first-order valence-electron chi connectivity index (χ1n) is 6.25. The van der Waals surface area contributed by atoms with Gasteiger partial charge in [0, 0.05) is 11.0 Å². The standard InChI is InChI=1S/C13H11BrClN5O/c1-2-16-13-19-11-10(17-6-18-11)12(20-13)21-9-5-7(14)3-4-8(9)15/h3-6H,2H2,1H3,(H2,16,17,18,19,20). The molecule has 0 radical (unpaired) electrons. The molecule has 0 saturated carbocycles. The Morgan fingerprint density at radius 3 is 3.05 bits per heavy atom. The summed E-state index contributed by atoms with van der Waals surface area (Å²) >= 11 is 9.53. The highest BCUT2D eigenvalue weighted by Crippen LogP contribution is 2.33. The van der Waals surface area contributed by atoms with Crippen LogP contribution in [0.25, 0.3) is 11.2 Å². The number of aromatic amines is 1. The minimum Gasteiger partial charge on any atom is -0.435 e. The van der Waals surface area contributed by atoms with Crippen molar-refractivity contribution < 1.29 is 4.74 Å². The number of fused-ring (bicyclic) bond motifs is 1. The summed E-state index contributed by atoms with van der Waals surface area (Å²) < 4.78 is 6.69. The number of aromatic nitrogens is 4. The molecule has 8 heteroatoms. The van der Waals surface area contributed by atoms with Crippen molar-refractivity contribution in [2.45, 2.75) is 6.92 Å². The first-order valence-corrected chi connectivity index (χ1v) is 7.42. The first kappa shape index (κ1) is 14.1. The summed E-state index contributed by atoms with van der Waals surface area (Å²) in [5.74, 6) is 1.33. The van der Waals surface area contributed by atoms with E-state index in [0.29, 0.717) is 40.3 Å². The molecule has 2 N–H and O–H groups in total. The van der Waals surface area contributed by atoms with Crippen LogP contribution in [0.5, 0.6) is 11.6 Å². The number of ether oxygens (including phenoxy) is 1.